The molecule has 5 aromatic carbocycles. The molecule has 0 heterocycles. The van der Waals surface area contributed by atoms with Crippen LogP contribution in [0, 0.1) is 6.92 Å². The van der Waals surface area contributed by atoms with E-state index < -0.39 is 56.5 Å². The average molecular weight is 771 g/mol. The van der Waals surface area contributed by atoms with Gasteiger partial charge in [-0.3, -0.25) is 13.7 Å². The van der Waals surface area contributed by atoms with Gasteiger partial charge in [-0.15, -0.1) is 10.2 Å². The summed E-state index contributed by atoms with van der Waals surface area (Å²) in [5.74, 6) is -0.544. The maximum absolute atomic E-state index is 12.1. The molecular weight excluding hydrogens is 748 g/mol. The molecule has 0 aromatic heterocycles. The summed E-state index contributed by atoms with van der Waals surface area (Å²) in [6.45, 7) is 1.58. The first-order chi connectivity index (χ1) is 21.9. The van der Waals surface area contributed by atoms with Crippen LogP contribution in [0.5, 0.6) is 11.5 Å². The molecule has 16 nitrogen and oxygen atoms in total. The van der Waals surface area contributed by atoms with Crippen LogP contribution in [0.3, 0.4) is 0 Å². The van der Waals surface area contributed by atoms with Gasteiger partial charge in [-0.25, -0.2) is 0 Å². The van der Waals surface area contributed by atoms with E-state index in [0.717, 1.165) is 24.3 Å². The maximum Gasteiger partial charge on any atom is 0.296 e. The fourth-order valence-electron chi connectivity index (χ4n) is 4.70. The number of azo groups is 2. The van der Waals surface area contributed by atoms with E-state index >= 15 is 0 Å². The predicted octanol–water partition coefficient (Wildman–Crippen LogP) is 5.03. The number of fused-ring (bicyclic) bond motifs is 2. The SMILES string of the molecule is COc1cc(N=Nc2cc(S(=O)(=O)O)c3cccc(S(=O)(=O)O)c3c2)c(C)cc1N=Nc1c(S(=O)(=O)O)cc2cc(N)ccc2c1O.[Na].[Na].[Na]. The van der Waals surface area contributed by atoms with Gasteiger partial charge >= 0.3 is 0 Å². The van der Waals surface area contributed by atoms with Crippen LogP contribution in [0.4, 0.5) is 28.4 Å². The Labute approximate surface area is 352 Å². The van der Waals surface area contributed by atoms with Crippen molar-refractivity contribution in [2.24, 2.45) is 20.5 Å². The molecule has 22 heteroatoms. The summed E-state index contributed by atoms with van der Waals surface area (Å²) < 4.78 is 107. The Bertz CT molecular complexity index is 2530. The van der Waals surface area contributed by atoms with Crippen LogP contribution in [0.1, 0.15) is 5.56 Å². The third-order valence-electron chi connectivity index (χ3n) is 6.84. The molecule has 0 aliphatic heterocycles. The summed E-state index contributed by atoms with van der Waals surface area (Å²) in [6, 6.07) is 13.8. The van der Waals surface area contributed by atoms with Gasteiger partial charge in [0.05, 0.1) is 18.5 Å². The zero-order chi connectivity index (χ0) is 34.5. The summed E-state index contributed by atoms with van der Waals surface area (Å²) in [7, 11) is -13.3. The normalized spacial score (nSPS) is 12.1. The number of hydrogen-bond acceptors (Lipinski definition) is 13. The number of aromatic hydroxyl groups is 1. The van der Waals surface area contributed by atoms with Crippen molar-refractivity contribution in [3.8, 4) is 11.5 Å². The van der Waals surface area contributed by atoms with Crippen molar-refractivity contribution in [1.82, 2.24) is 0 Å². The van der Waals surface area contributed by atoms with Gasteiger partial charge < -0.3 is 15.6 Å². The van der Waals surface area contributed by atoms with Crippen LogP contribution in [0.2, 0.25) is 0 Å². The zero-order valence-corrected chi connectivity index (χ0v) is 35.5. The summed E-state index contributed by atoms with van der Waals surface area (Å²) in [5.41, 5.74) is 5.88. The second-order valence-electron chi connectivity index (χ2n) is 9.98. The summed E-state index contributed by atoms with van der Waals surface area (Å²) in [5, 5.41) is 26.8. The molecule has 5 rings (SSSR count). The van der Waals surface area contributed by atoms with E-state index in [4.69, 9.17) is 10.5 Å². The zero-order valence-electron chi connectivity index (χ0n) is 27.1. The topological polar surface area (TPSA) is 268 Å². The fourth-order valence-corrected chi connectivity index (χ4v) is 6.78. The van der Waals surface area contributed by atoms with Crippen LogP contribution >= 0.6 is 0 Å². The van der Waals surface area contributed by atoms with Gasteiger partial charge in [-0.1, -0.05) is 12.1 Å². The number of nitrogens with two attached hydrogens (primary N) is 1. The minimum absolute atomic E-state index is 0. The van der Waals surface area contributed by atoms with Crippen molar-refractivity contribution >= 4 is 169 Å². The van der Waals surface area contributed by atoms with Crippen molar-refractivity contribution in [3.05, 3.63) is 72.3 Å². The molecule has 5 aromatic rings. The van der Waals surface area contributed by atoms with Gasteiger partial charge in [0.1, 0.15) is 31.8 Å². The average Bonchev–Trinajstić information content (AvgIpc) is 2.97. The fraction of sp³-hybridized carbons (Fsp3) is 0.0714. The molecule has 3 radical (unpaired) electrons. The standard InChI is InChI=1S/C28H23N5O11S3.3Na/c1-14-8-22(32-33-27-26(47(41,42)43)10-15-9-16(29)6-7-18(15)28(27)34)23(44-2)13-21(14)31-30-17-11-20-19(25(12-17)46(38,39)40)4-3-5-24(20)45(35,36)37;;;/h3-13,34H,29H2,1-2H3,(H,35,36,37)(H,38,39,40)(H,41,42,43);;;. The van der Waals surface area contributed by atoms with E-state index in [9.17, 15) is 44.0 Å². The third-order valence-corrected chi connectivity index (χ3v) is 9.51. The molecular formula is C28H23N5Na3O11S3. The van der Waals surface area contributed by atoms with E-state index in [1.54, 1.807) is 6.92 Å². The van der Waals surface area contributed by atoms with Crippen molar-refractivity contribution < 1.29 is 48.8 Å². The first kappa shape index (κ1) is 44.1. The van der Waals surface area contributed by atoms with Crippen LogP contribution in [-0.2, 0) is 30.4 Å². The number of nitrogens with zero attached hydrogens (tertiary/aromatic N) is 4. The molecule has 0 aliphatic rings. The third kappa shape index (κ3) is 9.48. The number of ether oxygens (including phenoxy) is 1. The van der Waals surface area contributed by atoms with Crippen molar-refractivity contribution in [1.29, 1.82) is 0 Å². The Balaban J connectivity index is 0.00000289. The Hall–Kier alpha value is -2.05. The van der Waals surface area contributed by atoms with Gasteiger partial charge in [0.2, 0.25) is 0 Å². The molecule has 50 heavy (non-hydrogen) atoms. The number of anilines is 1. The molecule has 0 bridgehead atoms. The van der Waals surface area contributed by atoms with E-state index in [1.807, 2.05) is 0 Å². The Morgan fingerprint density at radius 2 is 1.26 bits per heavy atom. The molecule has 0 saturated heterocycles. The Kier molecular flexibility index (Phi) is 14.8. The smallest absolute Gasteiger partial charge is 0.296 e. The van der Waals surface area contributed by atoms with Crippen LogP contribution in [0.25, 0.3) is 21.5 Å². The Morgan fingerprint density at radius 1 is 0.640 bits per heavy atom. The number of aryl methyl sites for hydroxylation is 1. The molecule has 6 N–H and O–H groups in total. The van der Waals surface area contributed by atoms with Gasteiger partial charge in [0.25, 0.3) is 30.4 Å². The second-order valence-corrected chi connectivity index (χ2v) is 14.2. The van der Waals surface area contributed by atoms with Gasteiger partial charge in [-0.2, -0.15) is 35.5 Å². The first-order valence-corrected chi connectivity index (χ1v) is 17.3. The number of rotatable bonds is 8. The number of benzene rings is 5. The Morgan fingerprint density at radius 3 is 1.86 bits per heavy atom. The first-order valence-electron chi connectivity index (χ1n) is 12.9. The largest absolute Gasteiger partial charge is 0.505 e. The maximum atomic E-state index is 12.1. The molecule has 0 aliphatic carbocycles. The number of methoxy groups -OCH3 is 1. The van der Waals surface area contributed by atoms with Crippen molar-refractivity contribution in [3.63, 3.8) is 0 Å². The number of nitrogen functional groups attached to an aromatic ring is 1. The van der Waals surface area contributed by atoms with E-state index in [0.29, 0.717) is 5.56 Å². The summed E-state index contributed by atoms with van der Waals surface area (Å²) in [4.78, 5) is -2.03. The van der Waals surface area contributed by atoms with E-state index in [2.05, 4.69) is 20.5 Å². The second kappa shape index (κ2) is 16.7. The molecule has 0 fully saturated rings. The molecule has 0 saturated carbocycles. The molecule has 0 unspecified atom stereocenters. The molecule has 0 spiro atoms. The molecule has 0 amide bonds. The summed E-state index contributed by atoms with van der Waals surface area (Å²) >= 11 is 0. The number of phenolic OH excluding ortho intramolecular Hbond substituents is 1. The van der Waals surface area contributed by atoms with Crippen LogP contribution in [0.15, 0.2) is 102 Å². The molecule has 247 valence electrons. The number of hydrogen-bond donors (Lipinski definition) is 5. The van der Waals surface area contributed by atoms with Crippen molar-refractivity contribution in [2.45, 2.75) is 21.6 Å². The van der Waals surface area contributed by atoms with Crippen molar-refractivity contribution in [2.75, 3.05) is 12.8 Å². The van der Waals surface area contributed by atoms with Crippen LogP contribution in [-0.4, -0.2) is 140 Å². The van der Waals surface area contributed by atoms with Crippen LogP contribution < -0.4 is 10.5 Å². The monoisotopic (exact) mass is 770 g/mol. The minimum atomic E-state index is -4.88. The summed E-state index contributed by atoms with van der Waals surface area (Å²) in [6.07, 6.45) is 0. The predicted molar refractivity (Wildman–Crippen MR) is 187 cm³/mol. The number of phenols is 1. The molecule has 0 atom stereocenters. The van der Waals surface area contributed by atoms with Gasteiger partial charge in [0, 0.05) is 117 Å². The quantitative estimate of drug-likeness (QED) is 0.0602. The van der Waals surface area contributed by atoms with Gasteiger partial charge in [0.15, 0.2) is 5.75 Å². The van der Waals surface area contributed by atoms with E-state index in [-0.39, 0.29) is 139 Å². The van der Waals surface area contributed by atoms with E-state index in [1.165, 1.54) is 49.6 Å². The van der Waals surface area contributed by atoms with Gasteiger partial charge in [-0.05, 0) is 66.4 Å². The minimum Gasteiger partial charge on any atom is -0.505 e.